The summed E-state index contributed by atoms with van der Waals surface area (Å²) < 4.78 is 31.0. The van der Waals surface area contributed by atoms with Gasteiger partial charge in [0.25, 0.3) is 5.91 Å². The molecule has 1 amide bonds. The van der Waals surface area contributed by atoms with Crippen LogP contribution in [-0.4, -0.2) is 39.4 Å². The molecule has 0 bridgehead atoms. The van der Waals surface area contributed by atoms with Gasteiger partial charge in [0, 0.05) is 54.6 Å². The molecule has 4 rings (SSSR count). The molecule has 3 aromatic heterocycles. The third-order valence-electron chi connectivity index (χ3n) is 5.16. The van der Waals surface area contributed by atoms with Crippen LogP contribution in [0.15, 0.2) is 55.1 Å². The maximum absolute atomic E-state index is 14.6. The number of hydrogen-bond acceptors (Lipinski definition) is 6. The number of rotatable bonds is 6. The Bertz CT molecular complexity index is 1380. The number of pyridine rings is 2. The minimum Gasteiger partial charge on any atom is -0.369 e. The number of amides is 1. The lowest BCUT2D eigenvalue weighted by molar-refractivity contribution is 0.0964. The quantitative estimate of drug-likeness (QED) is 0.442. The highest BCUT2D eigenvalue weighted by Gasteiger charge is 2.18. The highest BCUT2D eigenvalue weighted by Crippen LogP contribution is 2.29. The van der Waals surface area contributed by atoms with Crippen LogP contribution in [0.2, 0.25) is 0 Å². The van der Waals surface area contributed by atoms with Gasteiger partial charge >= 0.3 is 0 Å². The smallest absolute Gasteiger partial charge is 0.251 e. The molecule has 0 aliphatic heterocycles. The maximum atomic E-state index is 14.6. The minimum atomic E-state index is -0.504. The number of nitrogens with zero attached hydrogens (tertiary/aromatic N) is 4. The van der Waals surface area contributed by atoms with Crippen LogP contribution in [0, 0.1) is 12.7 Å². The fraction of sp³-hybridized carbons (Fsp3) is 0.208. The van der Waals surface area contributed by atoms with Gasteiger partial charge in [-0.25, -0.2) is 14.4 Å². The van der Waals surface area contributed by atoms with Gasteiger partial charge in [0.05, 0.1) is 19.5 Å². The molecule has 0 aliphatic carbocycles. The van der Waals surface area contributed by atoms with E-state index in [2.05, 4.69) is 30.6 Å². The minimum absolute atomic E-state index is 0. The van der Waals surface area contributed by atoms with E-state index in [-0.39, 0.29) is 48.5 Å². The fourth-order valence-corrected chi connectivity index (χ4v) is 3.44. The first kappa shape index (κ1) is 21.3. The van der Waals surface area contributed by atoms with Crippen LogP contribution in [-0.2, 0) is 0 Å². The molecule has 0 saturated heterocycles. The monoisotopic (exact) mass is 466 g/mol. The lowest BCUT2D eigenvalue weighted by atomic mass is 9.95. The highest BCUT2D eigenvalue weighted by atomic mass is 32.1. The molecule has 0 aliphatic rings. The van der Waals surface area contributed by atoms with Crippen LogP contribution < -0.4 is 10.6 Å². The number of aryl methyl sites for hydroxylation is 1. The fourth-order valence-electron chi connectivity index (χ4n) is 3.44. The molecule has 170 valence electrons. The Balaban J connectivity index is 0.00000342. The van der Waals surface area contributed by atoms with Crippen molar-refractivity contribution in [3.8, 4) is 11.3 Å². The van der Waals surface area contributed by atoms with Crippen LogP contribution in [0.5, 0.6) is 0 Å². The molecule has 9 heteroatoms. The van der Waals surface area contributed by atoms with Gasteiger partial charge in [0.15, 0.2) is 0 Å². The number of carbonyl (C=O) groups excluding carboxylic acids is 1. The average Bonchev–Trinajstić information content (AvgIpc) is 2.81. The largest absolute Gasteiger partial charge is 0.369 e. The van der Waals surface area contributed by atoms with Gasteiger partial charge in [0.1, 0.15) is 18.0 Å². The second-order valence-electron chi connectivity index (χ2n) is 7.40. The Morgan fingerprint density at radius 1 is 1.18 bits per heavy atom. The van der Waals surface area contributed by atoms with Crippen molar-refractivity contribution in [2.75, 3.05) is 18.9 Å². The van der Waals surface area contributed by atoms with Crippen molar-refractivity contribution in [3.63, 3.8) is 0 Å². The van der Waals surface area contributed by atoms with Gasteiger partial charge < -0.3 is 10.6 Å². The summed E-state index contributed by atoms with van der Waals surface area (Å²) in [5, 5.41) is 5.96. The molecular formula is C24H25FN6OS. The second-order valence-corrected chi connectivity index (χ2v) is 7.40. The maximum Gasteiger partial charge on any atom is 0.251 e. The van der Waals surface area contributed by atoms with Crippen molar-refractivity contribution in [1.29, 1.82) is 0 Å². The first-order valence-electron chi connectivity index (χ1n) is 11.1. The molecule has 0 radical (unpaired) electrons. The molecule has 3 heterocycles. The van der Waals surface area contributed by atoms with Crippen LogP contribution in [0.25, 0.3) is 22.2 Å². The molecule has 2 N–H and O–H groups in total. The number of fused-ring (bicyclic) bond motifs is 1. The third-order valence-corrected chi connectivity index (χ3v) is 5.16. The lowest BCUT2D eigenvalue weighted by Crippen LogP contribution is -2.19. The van der Waals surface area contributed by atoms with Crippen molar-refractivity contribution in [2.45, 2.75) is 19.8 Å². The van der Waals surface area contributed by atoms with E-state index in [4.69, 9.17) is 2.74 Å². The Morgan fingerprint density at radius 2 is 2.00 bits per heavy atom. The van der Waals surface area contributed by atoms with Crippen LogP contribution in [0.1, 0.15) is 37.2 Å². The number of nitrogens with one attached hydrogen (secondary N) is 2. The predicted molar refractivity (Wildman–Crippen MR) is 132 cm³/mol. The average molecular weight is 467 g/mol. The number of benzene rings is 1. The number of anilines is 1. The van der Waals surface area contributed by atoms with E-state index in [1.165, 1.54) is 31.7 Å². The summed E-state index contributed by atoms with van der Waals surface area (Å²) in [7, 11) is 1.50. The molecule has 0 fully saturated rings. The van der Waals surface area contributed by atoms with Gasteiger partial charge in [-0.2, -0.15) is 13.5 Å². The number of halogens is 1. The van der Waals surface area contributed by atoms with Crippen molar-refractivity contribution in [2.24, 2.45) is 0 Å². The molecule has 0 unspecified atom stereocenters. The SMILES string of the molecule is S.[2H]c1cc(C)nc([2H])c1-c1cc(NC[C@@H](C)c2ccc(F)c3c(C(=O)NC)ccnc23)ncn1. The topological polar surface area (TPSA) is 92.7 Å². The van der Waals surface area contributed by atoms with Gasteiger partial charge in [0.2, 0.25) is 0 Å². The Hall–Kier alpha value is -3.59. The standard InChI is InChI=1S/C24H23FN6O.H2S/c1-14(11-29-21-10-20(30-13-31-21)16-5-4-15(2)28-12-16)17-6-7-19(25)22-18(24(32)26-3)8-9-27-23(17)22;/h4-10,12-14H,11H2,1-3H3,(H,26,32)(H,29,30,31);1H2/t14-;/m1./s1/i5D,12D;. The van der Waals surface area contributed by atoms with Gasteiger partial charge in [-0.05, 0) is 36.7 Å². The van der Waals surface area contributed by atoms with Gasteiger partial charge in [-0.15, -0.1) is 0 Å². The molecule has 1 aromatic carbocycles. The van der Waals surface area contributed by atoms with E-state index in [0.717, 1.165) is 5.56 Å². The summed E-state index contributed by atoms with van der Waals surface area (Å²) in [6.07, 6.45) is 2.85. The van der Waals surface area contributed by atoms with Gasteiger partial charge in [-0.1, -0.05) is 13.0 Å². The van der Waals surface area contributed by atoms with E-state index >= 15 is 0 Å². The van der Waals surface area contributed by atoms with E-state index < -0.39 is 5.82 Å². The summed E-state index contributed by atoms with van der Waals surface area (Å²) in [6.45, 7) is 4.14. The molecule has 7 nitrogen and oxygen atoms in total. The Morgan fingerprint density at radius 3 is 2.76 bits per heavy atom. The summed E-state index contributed by atoms with van der Waals surface area (Å²) in [6, 6.07) is 7.95. The van der Waals surface area contributed by atoms with E-state index in [0.29, 0.717) is 34.8 Å². The van der Waals surface area contributed by atoms with Crippen LogP contribution >= 0.6 is 13.5 Å². The number of carbonyl (C=O) groups is 1. The van der Waals surface area contributed by atoms with Crippen molar-refractivity contribution in [1.82, 2.24) is 25.3 Å². The number of aromatic nitrogens is 4. The molecule has 1 atom stereocenters. The molecule has 0 spiro atoms. The zero-order valence-corrected chi connectivity index (χ0v) is 19.4. The highest BCUT2D eigenvalue weighted by molar-refractivity contribution is 7.59. The summed E-state index contributed by atoms with van der Waals surface area (Å²) in [5.74, 6) is -0.471. The van der Waals surface area contributed by atoms with Crippen LogP contribution in [0.3, 0.4) is 0 Å². The van der Waals surface area contributed by atoms with Crippen molar-refractivity contribution in [3.05, 3.63) is 77.7 Å². The van der Waals surface area contributed by atoms with Crippen LogP contribution in [0.4, 0.5) is 10.2 Å². The Labute approximate surface area is 201 Å². The summed E-state index contributed by atoms with van der Waals surface area (Å²) in [4.78, 5) is 29.1. The van der Waals surface area contributed by atoms with Crippen molar-refractivity contribution < 1.29 is 11.9 Å². The summed E-state index contributed by atoms with van der Waals surface area (Å²) in [5.41, 5.74) is 2.81. The number of hydrogen-bond donors (Lipinski definition) is 2. The molecule has 4 aromatic rings. The lowest BCUT2D eigenvalue weighted by Gasteiger charge is -2.17. The molecule has 0 saturated carbocycles. The third kappa shape index (κ3) is 5.09. The second kappa shape index (κ2) is 10.4. The van der Waals surface area contributed by atoms with E-state index in [1.54, 1.807) is 25.1 Å². The Kier molecular flexibility index (Phi) is 6.67. The van der Waals surface area contributed by atoms with E-state index in [1.807, 2.05) is 6.92 Å². The first-order chi connectivity index (χ1) is 16.3. The molecule has 33 heavy (non-hydrogen) atoms. The predicted octanol–water partition coefficient (Wildman–Crippen LogP) is 4.22. The normalized spacial score (nSPS) is 12.4. The first-order valence-corrected chi connectivity index (χ1v) is 10.1. The van der Waals surface area contributed by atoms with Gasteiger partial charge in [-0.3, -0.25) is 14.8 Å². The van der Waals surface area contributed by atoms with Crippen molar-refractivity contribution >= 4 is 36.1 Å². The molecular weight excluding hydrogens is 439 g/mol. The zero-order chi connectivity index (χ0) is 24.4. The zero-order valence-electron chi connectivity index (χ0n) is 20.4. The van der Waals surface area contributed by atoms with E-state index in [9.17, 15) is 9.18 Å². The summed E-state index contributed by atoms with van der Waals surface area (Å²) >= 11 is 0.